The molecule has 15 heavy (non-hydrogen) atoms. The van der Waals surface area contributed by atoms with E-state index in [1.54, 1.807) is 11.8 Å². The second-order valence-corrected chi connectivity index (χ2v) is 4.94. The molecule has 4 N–H and O–H groups in total. The van der Waals surface area contributed by atoms with E-state index in [2.05, 4.69) is 17.1 Å². The number of rotatable bonds is 2. The lowest BCUT2D eigenvalue weighted by Crippen LogP contribution is -1.86. The van der Waals surface area contributed by atoms with Gasteiger partial charge in [-0.2, -0.15) is 0 Å². The zero-order valence-electron chi connectivity index (χ0n) is 8.23. The number of hydrogen-bond acceptors (Lipinski definition) is 5. The molecule has 0 aliphatic carbocycles. The lowest BCUT2D eigenvalue weighted by molar-refractivity contribution is 1.39. The second-order valence-electron chi connectivity index (χ2n) is 2.99. The van der Waals surface area contributed by atoms with Gasteiger partial charge in [0.2, 0.25) is 0 Å². The molecule has 0 amide bonds. The first-order valence-corrected chi connectivity index (χ1v) is 6.41. The molecule has 1 aromatic carbocycles. The fourth-order valence-corrected chi connectivity index (χ4v) is 2.34. The Morgan fingerprint density at radius 2 is 1.87 bits per heavy atom. The number of benzene rings is 1. The minimum atomic E-state index is 0.511. The number of nitrogen functional groups attached to an aromatic ring is 2. The van der Waals surface area contributed by atoms with Crippen LogP contribution in [0.15, 0.2) is 29.2 Å². The fraction of sp³-hybridized carbons (Fsp3) is 0.100. The number of hydrogen-bond donors (Lipinski definition) is 2. The van der Waals surface area contributed by atoms with Gasteiger partial charge >= 0.3 is 0 Å². The zero-order chi connectivity index (χ0) is 10.8. The third kappa shape index (κ3) is 2.08. The van der Waals surface area contributed by atoms with Crippen molar-refractivity contribution in [1.29, 1.82) is 0 Å². The Balaban J connectivity index is 2.41. The average molecular weight is 237 g/mol. The monoisotopic (exact) mass is 237 g/mol. The molecule has 2 rings (SSSR count). The minimum Gasteiger partial charge on any atom is -0.389 e. The normalized spacial score (nSPS) is 10.5. The highest BCUT2D eigenvalue weighted by atomic mass is 32.2. The Morgan fingerprint density at radius 1 is 1.20 bits per heavy atom. The van der Waals surface area contributed by atoms with Gasteiger partial charge in [0.05, 0.1) is 0 Å². The van der Waals surface area contributed by atoms with Crippen molar-refractivity contribution in [1.82, 2.24) is 4.98 Å². The van der Waals surface area contributed by atoms with Crippen LogP contribution in [0.25, 0.3) is 11.3 Å². The summed E-state index contributed by atoms with van der Waals surface area (Å²) in [6, 6.07) is 8.12. The molecule has 1 aromatic heterocycles. The number of nitrogens with two attached hydrogens (primary N) is 2. The van der Waals surface area contributed by atoms with Gasteiger partial charge in [0.1, 0.15) is 10.7 Å². The molecule has 0 aliphatic heterocycles. The van der Waals surface area contributed by atoms with Crippen LogP contribution in [0.5, 0.6) is 0 Å². The predicted octanol–water partition coefficient (Wildman–Crippen LogP) is 2.70. The van der Waals surface area contributed by atoms with Crippen LogP contribution in [0.2, 0.25) is 0 Å². The van der Waals surface area contributed by atoms with Crippen LogP contribution in [0.1, 0.15) is 0 Å². The SMILES string of the molecule is CSc1ccc(-c2nc(N)sc2N)cc1. The summed E-state index contributed by atoms with van der Waals surface area (Å²) in [7, 11) is 0. The standard InChI is InChI=1S/C10H11N3S2/c1-14-7-4-2-6(3-5-7)8-9(11)15-10(12)13-8/h2-5H,11H2,1H3,(H2,12,13). The van der Waals surface area contributed by atoms with Gasteiger partial charge in [-0.1, -0.05) is 23.5 Å². The first-order chi connectivity index (χ1) is 7.20. The van der Waals surface area contributed by atoms with Crippen molar-refractivity contribution in [3.05, 3.63) is 24.3 Å². The van der Waals surface area contributed by atoms with Crippen LogP contribution in [-0.4, -0.2) is 11.2 Å². The van der Waals surface area contributed by atoms with Gasteiger partial charge in [0.15, 0.2) is 5.13 Å². The van der Waals surface area contributed by atoms with Crippen molar-refractivity contribution in [3.63, 3.8) is 0 Å². The van der Waals surface area contributed by atoms with Gasteiger partial charge in [0, 0.05) is 10.5 Å². The van der Waals surface area contributed by atoms with E-state index in [4.69, 9.17) is 11.5 Å². The fourth-order valence-electron chi connectivity index (χ4n) is 1.30. The largest absolute Gasteiger partial charge is 0.389 e. The summed E-state index contributed by atoms with van der Waals surface area (Å²) in [5.41, 5.74) is 13.2. The predicted molar refractivity (Wildman–Crippen MR) is 68.2 cm³/mol. The summed E-state index contributed by atoms with van der Waals surface area (Å²) in [5, 5.41) is 1.18. The number of aromatic nitrogens is 1. The van der Waals surface area contributed by atoms with Crippen LogP contribution in [0, 0.1) is 0 Å². The summed E-state index contributed by atoms with van der Waals surface area (Å²) in [4.78, 5) is 5.42. The Labute approximate surface area is 96.5 Å². The van der Waals surface area contributed by atoms with Crippen molar-refractivity contribution < 1.29 is 0 Å². The molecule has 0 saturated carbocycles. The molecule has 0 radical (unpaired) electrons. The Hall–Kier alpha value is -1.20. The molecule has 3 nitrogen and oxygen atoms in total. The summed E-state index contributed by atoms with van der Waals surface area (Å²) < 4.78 is 0. The van der Waals surface area contributed by atoms with E-state index in [1.165, 1.54) is 16.2 Å². The maximum absolute atomic E-state index is 5.81. The molecule has 5 heteroatoms. The van der Waals surface area contributed by atoms with Gasteiger partial charge in [-0.25, -0.2) is 4.98 Å². The van der Waals surface area contributed by atoms with Crippen molar-refractivity contribution >= 4 is 33.2 Å². The van der Waals surface area contributed by atoms with E-state index in [0.717, 1.165) is 11.3 Å². The third-order valence-electron chi connectivity index (χ3n) is 2.03. The molecule has 0 unspecified atom stereocenters. The molecule has 2 aromatic rings. The number of thiazole rings is 1. The Morgan fingerprint density at radius 3 is 2.33 bits per heavy atom. The summed E-state index contributed by atoms with van der Waals surface area (Å²) in [6.07, 6.45) is 2.05. The van der Waals surface area contributed by atoms with Crippen LogP contribution in [0.3, 0.4) is 0 Å². The molecular weight excluding hydrogens is 226 g/mol. The van der Waals surface area contributed by atoms with Crippen molar-refractivity contribution in [2.24, 2.45) is 0 Å². The van der Waals surface area contributed by atoms with Crippen LogP contribution >= 0.6 is 23.1 Å². The zero-order valence-corrected chi connectivity index (χ0v) is 9.86. The first-order valence-electron chi connectivity index (χ1n) is 4.37. The molecule has 0 bridgehead atoms. The lowest BCUT2D eigenvalue weighted by Gasteiger charge is -2.00. The summed E-state index contributed by atoms with van der Waals surface area (Å²) in [5.74, 6) is 0. The summed E-state index contributed by atoms with van der Waals surface area (Å²) in [6.45, 7) is 0. The average Bonchev–Trinajstić information content (AvgIpc) is 2.58. The van der Waals surface area contributed by atoms with E-state index in [0.29, 0.717) is 10.1 Å². The van der Waals surface area contributed by atoms with Crippen LogP contribution in [0.4, 0.5) is 10.1 Å². The molecule has 0 aliphatic rings. The van der Waals surface area contributed by atoms with Crippen molar-refractivity contribution in [2.45, 2.75) is 4.90 Å². The van der Waals surface area contributed by atoms with E-state index in [-0.39, 0.29) is 0 Å². The van der Waals surface area contributed by atoms with E-state index >= 15 is 0 Å². The van der Waals surface area contributed by atoms with Crippen LogP contribution < -0.4 is 11.5 Å². The lowest BCUT2D eigenvalue weighted by atomic mass is 10.2. The van der Waals surface area contributed by atoms with Gasteiger partial charge in [0.25, 0.3) is 0 Å². The molecule has 0 saturated heterocycles. The maximum Gasteiger partial charge on any atom is 0.182 e. The van der Waals surface area contributed by atoms with Crippen LogP contribution in [-0.2, 0) is 0 Å². The second kappa shape index (κ2) is 4.12. The number of nitrogens with zero attached hydrogens (tertiary/aromatic N) is 1. The molecule has 78 valence electrons. The highest BCUT2D eigenvalue weighted by Gasteiger charge is 2.08. The smallest absolute Gasteiger partial charge is 0.182 e. The number of anilines is 2. The highest BCUT2D eigenvalue weighted by molar-refractivity contribution is 7.98. The third-order valence-corrected chi connectivity index (χ3v) is 3.49. The van der Waals surface area contributed by atoms with E-state index in [9.17, 15) is 0 Å². The molecule has 0 atom stereocenters. The topological polar surface area (TPSA) is 64.9 Å². The minimum absolute atomic E-state index is 0.511. The Bertz CT molecular complexity index is 462. The van der Waals surface area contributed by atoms with Gasteiger partial charge in [-0.05, 0) is 18.4 Å². The molecule has 1 heterocycles. The molecule has 0 spiro atoms. The van der Waals surface area contributed by atoms with E-state index < -0.39 is 0 Å². The first kappa shape index (κ1) is 10.3. The number of thioether (sulfide) groups is 1. The Kier molecular flexibility index (Phi) is 2.83. The van der Waals surface area contributed by atoms with Crippen molar-refractivity contribution in [3.8, 4) is 11.3 Å². The van der Waals surface area contributed by atoms with E-state index in [1.807, 2.05) is 18.4 Å². The van der Waals surface area contributed by atoms with Crippen molar-refractivity contribution in [2.75, 3.05) is 17.7 Å². The molecule has 0 fully saturated rings. The van der Waals surface area contributed by atoms with Gasteiger partial charge in [-0.3, -0.25) is 0 Å². The maximum atomic E-state index is 5.81. The van der Waals surface area contributed by atoms with Gasteiger partial charge in [-0.15, -0.1) is 11.8 Å². The van der Waals surface area contributed by atoms with Gasteiger partial charge < -0.3 is 11.5 Å². The quantitative estimate of drug-likeness (QED) is 0.788. The molecular formula is C10H11N3S2. The highest BCUT2D eigenvalue weighted by Crippen LogP contribution is 2.32. The summed E-state index contributed by atoms with van der Waals surface area (Å²) >= 11 is 3.02.